The predicted molar refractivity (Wildman–Crippen MR) is 102 cm³/mol. The van der Waals surface area contributed by atoms with Crippen LogP contribution in [-0.4, -0.2) is 6.61 Å². The van der Waals surface area contributed by atoms with Crippen LogP contribution in [-0.2, 0) is 0 Å². The molecule has 3 rings (SSSR count). The summed E-state index contributed by atoms with van der Waals surface area (Å²) in [7, 11) is 0. The molecule has 0 bridgehead atoms. The Kier molecular flexibility index (Phi) is 5.56. The first-order valence-corrected chi connectivity index (χ1v) is 9.04. The summed E-state index contributed by atoms with van der Waals surface area (Å²) < 4.78 is 5.76. The fourth-order valence-corrected chi connectivity index (χ4v) is 3.78. The van der Waals surface area contributed by atoms with Crippen molar-refractivity contribution >= 4 is 0 Å². The van der Waals surface area contributed by atoms with Crippen molar-refractivity contribution in [3.8, 4) is 11.8 Å². The highest BCUT2D eigenvalue weighted by molar-refractivity contribution is 5.33. The van der Waals surface area contributed by atoms with Gasteiger partial charge in [-0.05, 0) is 60.4 Å². The van der Waals surface area contributed by atoms with Gasteiger partial charge in [0.1, 0.15) is 12.4 Å². The molecule has 1 aliphatic rings. The lowest BCUT2D eigenvalue weighted by Crippen LogP contribution is -2.23. The SMILES string of the molecule is CC1(/C=C/COc2ccccc2)CCCC(c2ccc(C#N)cc2)C1. The van der Waals surface area contributed by atoms with Crippen molar-refractivity contribution in [3.05, 3.63) is 77.9 Å². The second-order valence-electron chi connectivity index (χ2n) is 7.21. The number of ether oxygens (including phenoxy) is 1. The maximum atomic E-state index is 8.95. The van der Waals surface area contributed by atoms with Crippen LogP contribution < -0.4 is 4.74 Å². The third-order valence-corrected chi connectivity index (χ3v) is 5.13. The largest absolute Gasteiger partial charge is 0.490 e. The number of rotatable bonds is 5. The number of nitriles is 1. The van der Waals surface area contributed by atoms with E-state index in [1.807, 2.05) is 42.5 Å². The van der Waals surface area contributed by atoms with Gasteiger partial charge >= 0.3 is 0 Å². The Morgan fingerprint density at radius 3 is 2.64 bits per heavy atom. The number of allylic oxidation sites excluding steroid dienone is 1. The molecule has 0 saturated heterocycles. The molecule has 0 aromatic heterocycles. The Morgan fingerprint density at radius 2 is 1.92 bits per heavy atom. The van der Waals surface area contributed by atoms with Gasteiger partial charge in [0.15, 0.2) is 0 Å². The molecule has 1 aliphatic carbocycles. The molecule has 2 unspecified atom stereocenters. The second kappa shape index (κ2) is 8.03. The monoisotopic (exact) mass is 331 g/mol. The van der Waals surface area contributed by atoms with Crippen molar-refractivity contribution < 1.29 is 4.74 Å². The Hall–Kier alpha value is -2.53. The zero-order valence-electron chi connectivity index (χ0n) is 14.8. The van der Waals surface area contributed by atoms with Gasteiger partial charge in [-0.15, -0.1) is 0 Å². The van der Waals surface area contributed by atoms with Gasteiger partial charge < -0.3 is 4.74 Å². The van der Waals surface area contributed by atoms with Crippen molar-refractivity contribution in [3.63, 3.8) is 0 Å². The summed E-state index contributed by atoms with van der Waals surface area (Å²) in [5.74, 6) is 1.49. The topological polar surface area (TPSA) is 33.0 Å². The van der Waals surface area contributed by atoms with E-state index in [1.54, 1.807) is 0 Å². The zero-order chi connectivity index (χ0) is 17.5. The number of hydrogen-bond donors (Lipinski definition) is 0. The van der Waals surface area contributed by atoms with Crippen LogP contribution in [0, 0.1) is 16.7 Å². The minimum Gasteiger partial charge on any atom is -0.490 e. The smallest absolute Gasteiger partial charge is 0.119 e. The van der Waals surface area contributed by atoms with Crippen LogP contribution in [0.4, 0.5) is 0 Å². The molecule has 2 heteroatoms. The first-order chi connectivity index (χ1) is 12.2. The van der Waals surface area contributed by atoms with E-state index in [-0.39, 0.29) is 5.41 Å². The maximum Gasteiger partial charge on any atom is 0.119 e. The van der Waals surface area contributed by atoms with Crippen molar-refractivity contribution in [1.82, 2.24) is 0 Å². The van der Waals surface area contributed by atoms with Gasteiger partial charge in [0.05, 0.1) is 11.6 Å². The molecule has 0 N–H and O–H groups in total. The van der Waals surface area contributed by atoms with E-state index in [1.165, 1.54) is 24.8 Å². The average Bonchev–Trinajstić information content (AvgIpc) is 2.66. The zero-order valence-corrected chi connectivity index (χ0v) is 14.8. The summed E-state index contributed by atoms with van der Waals surface area (Å²) in [6, 6.07) is 20.3. The lowest BCUT2D eigenvalue weighted by Gasteiger charge is -2.36. The summed E-state index contributed by atoms with van der Waals surface area (Å²) in [5, 5.41) is 8.95. The predicted octanol–water partition coefficient (Wildman–Crippen LogP) is 5.86. The van der Waals surface area contributed by atoms with Gasteiger partial charge in [-0.1, -0.05) is 55.8 Å². The van der Waals surface area contributed by atoms with E-state index in [0.29, 0.717) is 12.5 Å². The van der Waals surface area contributed by atoms with Gasteiger partial charge in [-0.2, -0.15) is 5.26 Å². The van der Waals surface area contributed by atoms with Crippen LogP contribution in [0.2, 0.25) is 0 Å². The molecule has 1 fully saturated rings. The molecule has 2 atom stereocenters. The summed E-state index contributed by atoms with van der Waals surface area (Å²) in [4.78, 5) is 0. The molecular formula is C23H25NO. The van der Waals surface area contributed by atoms with Crippen LogP contribution in [0.15, 0.2) is 66.7 Å². The van der Waals surface area contributed by atoms with Crippen molar-refractivity contribution in [1.29, 1.82) is 5.26 Å². The van der Waals surface area contributed by atoms with Gasteiger partial charge in [0, 0.05) is 0 Å². The fraction of sp³-hybridized carbons (Fsp3) is 0.348. The molecule has 2 aromatic carbocycles. The molecular weight excluding hydrogens is 306 g/mol. The molecule has 2 nitrogen and oxygen atoms in total. The van der Waals surface area contributed by atoms with Crippen LogP contribution in [0.3, 0.4) is 0 Å². The molecule has 0 amide bonds. The molecule has 1 saturated carbocycles. The molecule has 0 radical (unpaired) electrons. The molecule has 2 aromatic rings. The third-order valence-electron chi connectivity index (χ3n) is 5.13. The minimum absolute atomic E-state index is 0.219. The summed E-state index contributed by atoms with van der Waals surface area (Å²) in [5.41, 5.74) is 2.32. The first-order valence-electron chi connectivity index (χ1n) is 9.04. The Balaban J connectivity index is 1.58. The van der Waals surface area contributed by atoms with E-state index in [0.717, 1.165) is 17.7 Å². The minimum atomic E-state index is 0.219. The highest BCUT2D eigenvalue weighted by atomic mass is 16.5. The van der Waals surface area contributed by atoms with Gasteiger partial charge in [0.2, 0.25) is 0 Å². The standard InChI is InChI=1S/C23H25NO/c1-23(15-6-16-25-22-8-3-2-4-9-22)14-5-7-21(17-23)20-12-10-19(18-24)11-13-20/h2-4,6,8-13,15,21H,5,7,14,16-17H2,1H3/b15-6+. The fourth-order valence-electron chi connectivity index (χ4n) is 3.78. The lowest BCUT2D eigenvalue weighted by molar-refractivity contribution is 0.254. The first kappa shape index (κ1) is 17.3. The van der Waals surface area contributed by atoms with E-state index >= 15 is 0 Å². The Morgan fingerprint density at radius 1 is 1.16 bits per heavy atom. The van der Waals surface area contributed by atoms with Gasteiger partial charge in [0.25, 0.3) is 0 Å². The molecule has 25 heavy (non-hydrogen) atoms. The number of hydrogen-bond acceptors (Lipinski definition) is 2. The van der Waals surface area contributed by atoms with Crippen molar-refractivity contribution in [2.24, 2.45) is 5.41 Å². The normalized spacial score (nSPS) is 23.3. The van der Waals surface area contributed by atoms with E-state index in [4.69, 9.17) is 10.00 Å². The number of nitrogens with zero attached hydrogens (tertiary/aromatic N) is 1. The van der Waals surface area contributed by atoms with Crippen LogP contribution >= 0.6 is 0 Å². The van der Waals surface area contributed by atoms with Crippen LogP contribution in [0.5, 0.6) is 5.75 Å². The summed E-state index contributed by atoms with van der Waals surface area (Å²) in [6.07, 6.45) is 9.35. The highest BCUT2D eigenvalue weighted by Crippen LogP contribution is 2.44. The van der Waals surface area contributed by atoms with E-state index in [2.05, 4.69) is 37.3 Å². The molecule has 128 valence electrons. The molecule has 0 heterocycles. The van der Waals surface area contributed by atoms with Crippen molar-refractivity contribution in [2.75, 3.05) is 6.61 Å². The Labute approximate surface area is 150 Å². The van der Waals surface area contributed by atoms with Crippen LogP contribution in [0.1, 0.15) is 49.7 Å². The molecule has 0 aliphatic heterocycles. The Bertz CT molecular complexity index is 742. The number of para-hydroxylation sites is 1. The van der Waals surface area contributed by atoms with E-state index < -0.39 is 0 Å². The summed E-state index contributed by atoms with van der Waals surface area (Å²) >= 11 is 0. The second-order valence-corrected chi connectivity index (χ2v) is 7.21. The molecule has 0 spiro atoms. The maximum absolute atomic E-state index is 8.95. The van der Waals surface area contributed by atoms with E-state index in [9.17, 15) is 0 Å². The van der Waals surface area contributed by atoms with Crippen LogP contribution in [0.25, 0.3) is 0 Å². The summed E-state index contributed by atoms with van der Waals surface area (Å²) in [6.45, 7) is 2.96. The van der Waals surface area contributed by atoms with Crippen molar-refractivity contribution in [2.45, 2.75) is 38.5 Å². The average molecular weight is 331 g/mol. The highest BCUT2D eigenvalue weighted by Gasteiger charge is 2.30. The quantitative estimate of drug-likeness (QED) is 0.643. The van der Waals surface area contributed by atoms with Gasteiger partial charge in [-0.3, -0.25) is 0 Å². The number of benzene rings is 2. The third kappa shape index (κ3) is 4.73. The van der Waals surface area contributed by atoms with Gasteiger partial charge in [-0.25, -0.2) is 0 Å². The lowest BCUT2D eigenvalue weighted by atomic mass is 9.69.